The summed E-state index contributed by atoms with van der Waals surface area (Å²) < 4.78 is 35.2. The first-order valence-electron chi connectivity index (χ1n) is 17.3. The Morgan fingerprint density at radius 1 is 0.760 bits per heavy atom. The van der Waals surface area contributed by atoms with Crippen LogP contribution in [-0.2, 0) is 13.1 Å². The molecule has 0 aliphatic heterocycles. The van der Waals surface area contributed by atoms with Gasteiger partial charge in [-0.1, -0.05) is 108 Å². The molecule has 3 aromatic carbocycles. The highest BCUT2D eigenvalue weighted by Gasteiger charge is 2.47. The molecular formula is C42H44F2N4OSi. The summed E-state index contributed by atoms with van der Waals surface area (Å²) in [6, 6.07) is 27.8. The molecule has 0 amide bonds. The average molecular weight is 687 g/mol. The molecule has 50 heavy (non-hydrogen) atoms. The third-order valence-corrected chi connectivity index (χ3v) is 16.9. The molecule has 0 saturated heterocycles. The molecule has 6 rings (SSSR count). The standard InChI is InChI=1S/C42H44F2N4OSi/c1-28(2)50(29(3)4,30(5)6)48-27-36(35-22-34(24-46-42(35)48)33-18-13-21-45-23-33)41(49)39-37(43)19-20-38(40(39)44)47(25-31-14-9-7-10-15-31)26-32-16-11-8-12-17-32/h7-24,27-30H,25-26H2,1-6H3. The lowest BCUT2D eigenvalue weighted by atomic mass is 9.99. The summed E-state index contributed by atoms with van der Waals surface area (Å²) in [4.78, 5) is 25.9. The van der Waals surface area contributed by atoms with Crippen LogP contribution in [0.5, 0.6) is 0 Å². The summed E-state index contributed by atoms with van der Waals surface area (Å²) >= 11 is 0. The van der Waals surface area contributed by atoms with Crippen molar-refractivity contribution in [2.45, 2.75) is 71.3 Å². The number of halogens is 2. The van der Waals surface area contributed by atoms with Crippen molar-refractivity contribution in [2.24, 2.45) is 0 Å². The predicted molar refractivity (Wildman–Crippen MR) is 202 cm³/mol. The molecule has 0 bridgehead atoms. The second-order valence-electron chi connectivity index (χ2n) is 14.0. The molecule has 0 N–H and O–H groups in total. The van der Waals surface area contributed by atoms with E-state index in [4.69, 9.17) is 4.98 Å². The zero-order valence-corrected chi connectivity index (χ0v) is 30.6. The quantitative estimate of drug-likeness (QED) is 0.0950. The van der Waals surface area contributed by atoms with Crippen molar-refractivity contribution in [3.63, 3.8) is 0 Å². The first kappa shape index (κ1) is 34.9. The van der Waals surface area contributed by atoms with E-state index in [-0.39, 0.29) is 11.3 Å². The van der Waals surface area contributed by atoms with Gasteiger partial charge < -0.3 is 9.13 Å². The van der Waals surface area contributed by atoms with E-state index >= 15 is 8.78 Å². The fourth-order valence-electron chi connectivity index (χ4n) is 8.07. The van der Waals surface area contributed by atoms with Crippen molar-refractivity contribution in [2.75, 3.05) is 4.90 Å². The summed E-state index contributed by atoms with van der Waals surface area (Å²) in [6.45, 7) is 14.2. The van der Waals surface area contributed by atoms with Crippen LogP contribution in [0.3, 0.4) is 0 Å². The predicted octanol–water partition coefficient (Wildman–Crippen LogP) is 10.8. The molecule has 6 aromatic rings. The Morgan fingerprint density at radius 2 is 1.36 bits per heavy atom. The third-order valence-electron chi connectivity index (χ3n) is 10.1. The van der Waals surface area contributed by atoms with E-state index in [1.165, 1.54) is 12.1 Å². The number of hydrogen-bond acceptors (Lipinski definition) is 4. The molecule has 3 heterocycles. The van der Waals surface area contributed by atoms with E-state index < -0.39 is 31.2 Å². The molecule has 8 heteroatoms. The van der Waals surface area contributed by atoms with E-state index in [1.807, 2.05) is 90.0 Å². The lowest BCUT2D eigenvalue weighted by molar-refractivity contribution is 0.103. The van der Waals surface area contributed by atoms with Gasteiger partial charge in [0.25, 0.3) is 0 Å². The minimum Gasteiger partial charge on any atom is -0.360 e. The van der Waals surface area contributed by atoms with Crippen molar-refractivity contribution >= 4 is 30.7 Å². The normalized spacial score (nSPS) is 12.0. The number of hydrogen-bond donors (Lipinski definition) is 0. The number of anilines is 1. The molecule has 0 atom stereocenters. The van der Waals surface area contributed by atoms with E-state index in [1.54, 1.807) is 18.6 Å². The smallest absolute Gasteiger partial charge is 0.201 e. The van der Waals surface area contributed by atoms with Gasteiger partial charge in [-0.25, -0.2) is 13.8 Å². The van der Waals surface area contributed by atoms with Gasteiger partial charge in [-0.05, 0) is 52.0 Å². The Morgan fingerprint density at radius 3 is 1.90 bits per heavy atom. The maximum absolute atomic E-state index is 17.0. The van der Waals surface area contributed by atoms with E-state index in [2.05, 4.69) is 50.8 Å². The number of aromatic nitrogens is 3. The maximum Gasteiger partial charge on any atom is 0.201 e. The fraction of sp³-hybridized carbons (Fsp3) is 0.262. The molecule has 0 spiro atoms. The van der Waals surface area contributed by atoms with Gasteiger partial charge in [0, 0.05) is 60.0 Å². The Labute approximate surface area is 294 Å². The molecule has 0 saturated carbocycles. The molecular weight excluding hydrogens is 643 g/mol. The van der Waals surface area contributed by atoms with Gasteiger partial charge in [0.1, 0.15) is 11.5 Å². The molecule has 5 nitrogen and oxygen atoms in total. The van der Waals surface area contributed by atoms with Gasteiger partial charge in [0.2, 0.25) is 5.78 Å². The van der Waals surface area contributed by atoms with Gasteiger partial charge in [-0.2, -0.15) is 0 Å². The monoisotopic (exact) mass is 686 g/mol. The molecule has 3 aromatic heterocycles. The van der Waals surface area contributed by atoms with Gasteiger partial charge in [-0.3, -0.25) is 9.78 Å². The number of ketones is 1. The number of carbonyl (C=O) groups is 1. The fourth-order valence-corrected chi connectivity index (χ4v) is 14.6. The summed E-state index contributed by atoms with van der Waals surface area (Å²) in [5, 5.41) is 0.574. The minimum absolute atomic E-state index is 0.163. The summed E-state index contributed by atoms with van der Waals surface area (Å²) in [5.41, 5.74) is 4.93. The van der Waals surface area contributed by atoms with Crippen molar-refractivity contribution in [1.29, 1.82) is 0 Å². The number of benzene rings is 3. The zero-order valence-electron chi connectivity index (χ0n) is 29.6. The van der Waals surface area contributed by atoms with Crippen LogP contribution >= 0.6 is 0 Å². The lowest BCUT2D eigenvalue weighted by Gasteiger charge is -2.44. The van der Waals surface area contributed by atoms with Crippen LogP contribution in [-0.4, -0.2) is 28.2 Å². The van der Waals surface area contributed by atoms with Crippen LogP contribution in [0.25, 0.3) is 22.2 Å². The highest BCUT2D eigenvalue weighted by molar-refractivity contribution is 6.82. The first-order valence-corrected chi connectivity index (χ1v) is 19.5. The van der Waals surface area contributed by atoms with E-state index in [0.29, 0.717) is 40.7 Å². The lowest BCUT2D eigenvalue weighted by Crippen LogP contribution is -2.51. The Balaban J connectivity index is 1.55. The van der Waals surface area contributed by atoms with Gasteiger partial charge >= 0.3 is 0 Å². The number of nitrogens with zero attached hydrogens (tertiary/aromatic N) is 4. The van der Waals surface area contributed by atoms with Crippen molar-refractivity contribution < 1.29 is 13.6 Å². The van der Waals surface area contributed by atoms with Crippen LogP contribution in [0.15, 0.2) is 116 Å². The molecule has 0 unspecified atom stereocenters. The van der Waals surface area contributed by atoms with E-state index in [9.17, 15) is 4.79 Å². The van der Waals surface area contributed by atoms with Crippen LogP contribution in [0.2, 0.25) is 16.6 Å². The first-order chi connectivity index (χ1) is 24.0. The van der Waals surface area contributed by atoms with Crippen molar-refractivity contribution in [1.82, 2.24) is 14.2 Å². The second-order valence-corrected chi connectivity index (χ2v) is 19.7. The van der Waals surface area contributed by atoms with Crippen molar-refractivity contribution in [3.05, 3.63) is 150 Å². The Hall–Kier alpha value is -4.95. The second kappa shape index (κ2) is 14.5. The van der Waals surface area contributed by atoms with Gasteiger partial charge in [0.05, 0.1) is 11.3 Å². The SMILES string of the molecule is CC(C)[Si](C(C)C)(C(C)C)n1cc(C(=O)c2c(F)ccc(N(Cc3ccccc3)Cc3ccccc3)c2F)c2cc(-c3cccnc3)cnc21. The average Bonchev–Trinajstić information content (AvgIpc) is 3.48. The molecule has 0 aliphatic carbocycles. The highest BCUT2D eigenvalue weighted by atomic mass is 28.3. The topological polar surface area (TPSA) is 51.0 Å². The number of fused-ring (bicyclic) bond motifs is 1. The largest absolute Gasteiger partial charge is 0.360 e. The van der Waals surface area contributed by atoms with Crippen LogP contribution < -0.4 is 4.90 Å². The van der Waals surface area contributed by atoms with Crippen LogP contribution in [0.4, 0.5) is 14.5 Å². The summed E-state index contributed by atoms with van der Waals surface area (Å²) in [7, 11) is -2.44. The third kappa shape index (κ3) is 6.40. The minimum atomic E-state index is -2.44. The zero-order chi connectivity index (χ0) is 35.6. The van der Waals surface area contributed by atoms with E-state index in [0.717, 1.165) is 22.3 Å². The van der Waals surface area contributed by atoms with Crippen LogP contribution in [0.1, 0.15) is 68.6 Å². The summed E-state index contributed by atoms with van der Waals surface area (Å²) in [5.74, 6) is -2.47. The maximum atomic E-state index is 17.0. The molecule has 0 aliphatic rings. The molecule has 0 radical (unpaired) electrons. The van der Waals surface area contributed by atoms with Crippen LogP contribution in [0, 0.1) is 11.6 Å². The number of pyridine rings is 2. The van der Waals surface area contributed by atoms with Crippen molar-refractivity contribution in [3.8, 4) is 11.1 Å². The number of rotatable bonds is 12. The van der Waals surface area contributed by atoms with Gasteiger partial charge in [-0.15, -0.1) is 0 Å². The molecule has 256 valence electrons. The highest BCUT2D eigenvalue weighted by Crippen LogP contribution is 2.45. The number of carbonyl (C=O) groups excluding carboxylic acids is 1. The Bertz CT molecular complexity index is 2030. The molecule has 0 fully saturated rings. The Kier molecular flexibility index (Phi) is 10.1. The van der Waals surface area contributed by atoms with Gasteiger partial charge in [0.15, 0.2) is 14.1 Å². The summed E-state index contributed by atoms with van der Waals surface area (Å²) in [6.07, 6.45) is 7.09.